The van der Waals surface area contributed by atoms with Gasteiger partial charge >= 0.3 is 0 Å². The minimum absolute atomic E-state index is 0.212. The first-order valence-electron chi connectivity index (χ1n) is 8.98. The maximum absolute atomic E-state index is 12.6. The van der Waals surface area contributed by atoms with Gasteiger partial charge in [0.25, 0.3) is 11.8 Å². The number of amides is 2. The number of carbonyl (C=O) groups is 2. The summed E-state index contributed by atoms with van der Waals surface area (Å²) in [5.74, 6) is -0.641. The summed E-state index contributed by atoms with van der Waals surface area (Å²) in [6, 6.07) is 10.2. The number of pyridine rings is 2. The fourth-order valence-corrected chi connectivity index (χ4v) is 3.28. The minimum Gasteiger partial charge on any atom is -0.348 e. The first-order chi connectivity index (χ1) is 14.0. The lowest BCUT2D eigenvalue weighted by Crippen LogP contribution is -2.26. The summed E-state index contributed by atoms with van der Waals surface area (Å²) in [5, 5.41) is 6.67. The zero-order valence-electron chi connectivity index (χ0n) is 15.2. The van der Waals surface area contributed by atoms with Gasteiger partial charge in [-0.05, 0) is 43.2 Å². The Kier molecular flexibility index (Phi) is 5.47. The third-order valence-corrected chi connectivity index (χ3v) is 4.95. The van der Waals surface area contributed by atoms with Gasteiger partial charge < -0.3 is 10.6 Å². The quantitative estimate of drug-likeness (QED) is 0.624. The van der Waals surface area contributed by atoms with Crippen LogP contribution < -0.4 is 10.6 Å². The number of benzene rings is 1. The Morgan fingerprint density at radius 3 is 2.59 bits per heavy atom. The number of nitrogens with zero attached hydrogens (tertiary/aromatic N) is 2. The molecule has 2 N–H and O–H groups in total. The fourth-order valence-electron chi connectivity index (χ4n) is 2.77. The van der Waals surface area contributed by atoms with Gasteiger partial charge in [0.15, 0.2) is 0 Å². The molecule has 2 heterocycles. The normalized spacial score (nSPS) is 13.0. The van der Waals surface area contributed by atoms with Gasteiger partial charge in [-0.25, -0.2) is 0 Å². The molecule has 0 radical (unpaired) electrons. The number of nitrogens with one attached hydrogen (secondary N) is 2. The highest BCUT2D eigenvalue weighted by molar-refractivity contribution is 6.36. The summed E-state index contributed by atoms with van der Waals surface area (Å²) in [7, 11) is 0. The van der Waals surface area contributed by atoms with Crippen molar-refractivity contribution in [2.45, 2.75) is 18.9 Å². The number of rotatable bonds is 5. The van der Waals surface area contributed by atoms with E-state index in [1.807, 2.05) is 0 Å². The van der Waals surface area contributed by atoms with Crippen molar-refractivity contribution in [2.75, 3.05) is 5.32 Å². The van der Waals surface area contributed by atoms with E-state index in [0.717, 1.165) is 24.0 Å². The standard InChI is InChI=1S/C21H16Cl2N4O2/c22-14-1-4-17(18(23)9-14)13-7-16(11-24-10-13)27-20(28)12-5-6-25-19(8-12)21(29)26-15-2-3-15/h1,4-11,15H,2-3H2,(H,26,29)(H,27,28). The van der Waals surface area contributed by atoms with Crippen molar-refractivity contribution in [3.05, 3.63) is 76.3 Å². The van der Waals surface area contributed by atoms with Crippen LogP contribution in [0, 0.1) is 0 Å². The number of carbonyl (C=O) groups excluding carboxylic acids is 2. The molecule has 6 nitrogen and oxygen atoms in total. The van der Waals surface area contributed by atoms with Crippen molar-refractivity contribution in [1.82, 2.24) is 15.3 Å². The van der Waals surface area contributed by atoms with Crippen molar-refractivity contribution in [1.29, 1.82) is 0 Å². The Morgan fingerprint density at radius 1 is 1.00 bits per heavy atom. The largest absolute Gasteiger partial charge is 0.348 e. The van der Waals surface area contributed by atoms with E-state index in [9.17, 15) is 9.59 Å². The molecule has 1 aromatic carbocycles. The molecule has 29 heavy (non-hydrogen) atoms. The molecule has 0 spiro atoms. The lowest BCUT2D eigenvalue weighted by Gasteiger charge is -2.09. The highest BCUT2D eigenvalue weighted by Gasteiger charge is 2.24. The van der Waals surface area contributed by atoms with E-state index >= 15 is 0 Å². The third-order valence-electron chi connectivity index (χ3n) is 4.41. The average molecular weight is 427 g/mol. The number of hydrogen-bond donors (Lipinski definition) is 2. The maximum Gasteiger partial charge on any atom is 0.270 e. The molecule has 0 unspecified atom stereocenters. The summed E-state index contributed by atoms with van der Waals surface area (Å²) in [4.78, 5) is 33.0. The number of halogens is 2. The number of hydrogen-bond acceptors (Lipinski definition) is 4. The second kappa shape index (κ2) is 8.19. The molecule has 146 valence electrons. The van der Waals surface area contributed by atoms with Gasteiger partial charge in [0.2, 0.25) is 0 Å². The predicted molar refractivity (Wildman–Crippen MR) is 112 cm³/mol. The number of anilines is 1. The van der Waals surface area contributed by atoms with Crippen molar-refractivity contribution >= 4 is 40.7 Å². The van der Waals surface area contributed by atoms with E-state index in [1.165, 1.54) is 18.5 Å². The molecule has 0 saturated heterocycles. The second-order valence-corrected chi connectivity index (χ2v) is 7.56. The molecule has 4 rings (SSSR count). The minimum atomic E-state index is -0.367. The molecule has 0 atom stereocenters. The van der Waals surface area contributed by atoms with Crippen LogP contribution in [-0.2, 0) is 0 Å². The lowest BCUT2D eigenvalue weighted by atomic mass is 10.1. The topological polar surface area (TPSA) is 84.0 Å². The van der Waals surface area contributed by atoms with Crippen molar-refractivity contribution in [2.24, 2.45) is 0 Å². The van der Waals surface area contributed by atoms with Gasteiger partial charge in [-0.3, -0.25) is 19.6 Å². The first-order valence-corrected chi connectivity index (χ1v) is 9.74. The Morgan fingerprint density at radius 2 is 1.83 bits per heavy atom. The summed E-state index contributed by atoms with van der Waals surface area (Å²) in [5.41, 5.74) is 2.53. The molecule has 0 aliphatic heterocycles. The Labute approximate surface area is 177 Å². The van der Waals surface area contributed by atoms with Gasteiger partial charge in [-0.15, -0.1) is 0 Å². The second-order valence-electron chi connectivity index (χ2n) is 6.72. The van der Waals surface area contributed by atoms with Gasteiger partial charge in [-0.1, -0.05) is 29.3 Å². The highest BCUT2D eigenvalue weighted by Crippen LogP contribution is 2.31. The maximum atomic E-state index is 12.6. The molecule has 0 bridgehead atoms. The molecular weight excluding hydrogens is 411 g/mol. The van der Waals surface area contributed by atoms with E-state index in [0.29, 0.717) is 21.3 Å². The van der Waals surface area contributed by atoms with Crippen LogP contribution in [0.15, 0.2) is 55.0 Å². The Bertz CT molecular complexity index is 1100. The van der Waals surface area contributed by atoms with E-state index in [-0.39, 0.29) is 23.6 Å². The van der Waals surface area contributed by atoms with Crippen LogP contribution in [-0.4, -0.2) is 27.8 Å². The van der Waals surface area contributed by atoms with Crippen LogP contribution in [0.4, 0.5) is 5.69 Å². The highest BCUT2D eigenvalue weighted by atomic mass is 35.5. The average Bonchev–Trinajstić information content (AvgIpc) is 3.52. The molecule has 1 fully saturated rings. The third kappa shape index (κ3) is 4.72. The molecular formula is C21H16Cl2N4O2. The molecule has 3 aromatic rings. The molecule has 2 aromatic heterocycles. The molecule has 1 aliphatic carbocycles. The summed E-state index contributed by atoms with van der Waals surface area (Å²) >= 11 is 12.2. The van der Waals surface area contributed by atoms with E-state index < -0.39 is 0 Å². The van der Waals surface area contributed by atoms with E-state index in [2.05, 4.69) is 20.6 Å². The van der Waals surface area contributed by atoms with Gasteiger partial charge in [0.05, 0.1) is 11.9 Å². The fraction of sp³-hybridized carbons (Fsp3) is 0.143. The van der Waals surface area contributed by atoms with Crippen LogP contribution >= 0.6 is 23.2 Å². The van der Waals surface area contributed by atoms with E-state index in [1.54, 1.807) is 36.5 Å². The van der Waals surface area contributed by atoms with Crippen molar-refractivity contribution in [3.63, 3.8) is 0 Å². The predicted octanol–water partition coefficient (Wildman–Crippen LogP) is 4.59. The first kappa shape index (κ1) is 19.4. The van der Waals surface area contributed by atoms with Crippen molar-refractivity contribution < 1.29 is 9.59 Å². The number of aromatic nitrogens is 2. The summed E-state index contributed by atoms with van der Waals surface area (Å²) in [6.45, 7) is 0. The van der Waals surface area contributed by atoms with E-state index in [4.69, 9.17) is 23.2 Å². The molecule has 8 heteroatoms. The Hall–Kier alpha value is -2.96. The monoisotopic (exact) mass is 426 g/mol. The van der Waals surface area contributed by atoms with Crippen LogP contribution in [0.3, 0.4) is 0 Å². The van der Waals surface area contributed by atoms with Crippen LogP contribution in [0.1, 0.15) is 33.7 Å². The van der Waals surface area contributed by atoms with Crippen molar-refractivity contribution in [3.8, 4) is 11.1 Å². The summed E-state index contributed by atoms with van der Waals surface area (Å²) < 4.78 is 0. The van der Waals surface area contributed by atoms with Crippen LogP contribution in [0.5, 0.6) is 0 Å². The SMILES string of the molecule is O=C(Nc1cncc(-c2ccc(Cl)cc2Cl)c1)c1ccnc(C(=O)NC2CC2)c1. The van der Waals surface area contributed by atoms with Gasteiger partial charge in [0, 0.05) is 45.2 Å². The molecule has 1 saturated carbocycles. The molecule has 1 aliphatic rings. The summed E-state index contributed by atoms with van der Waals surface area (Å²) in [6.07, 6.45) is 6.59. The van der Waals surface area contributed by atoms with Gasteiger partial charge in [-0.2, -0.15) is 0 Å². The smallest absolute Gasteiger partial charge is 0.270 e. The zero-order valence-corrected chi connectivity index (χ0v) is 16.7. The molecule has 2 amide bonds. The lowest BCUT2D eigenvalue weighted by molar-refractivity contribution is 0.0946. The van der Waals surface area contributed by atoms with Crippen LogP contribution in [0.25, 0.3) is 11.1 Å². The Balaban J connectivity index is 1.52. The zero-order chi connectivity index (χ0) is 20.4. The van der Waals surface area contributed by atoms with Crippen LogP contribution in [0.2, 0.25) is 10.0 Å². The van der Waals surface area contributed by atoms with Gasteiger partial charge in [0.1, 0.15) is 5.69 Å².